The number of anilines is 1. The van der Waals surface area contributed by atoms with Crippen LogP contribution in [-0.2, 0) is 11.3 Å². The molecule has 0 aliphatic heterocycles. The zero-order valence-electron chi connectivity index (χ0n) is 11.2. The van der Waals surface area contributed by atoms with Gasteiger partial charge in [-0.3, -0.25) is 4.79 Å². The van der Waals surface area contributed by atoms with Crippen molar-refractivity contribution in [3.05, 3.63) is 29.8 Å². The van der Waals surface area contributed by atoms with Gasteiger partial charge in [0.25, 0.3) is 0 Å². The molecule has 1 rings (SSSR count). The van der Waals surface area contributed by atoms with Gasteiger partial charge in [-0.1, -0.05) is 50.8 Å². The topological polar surface area (TPSA) is 55.1 Å². The molecule has 18 heavy (non-hydrogen) atoms. The smallest absolute Gasteiger partial charge is 0.224 e. The van der Waals surface area contributed by atoms with Gasteiger partial charge in [-0.25, -0.2) is 0 Å². The van der Waals surface area contributed by atoms with E-state index < -0.39 is 0 Å². The highest BCUT2D eigenvalue weighted by molar-refractivity contribution is 5.91. The van der Waals surface area contributed by atoms with Crippen LogP contribution in [0.3, 0.4) is 0 Å². The zero-order valence-corrected chi connectivity index (χ0v) is 11.2. The molecular weight excluding hydrogens is 224 g/mol. The second-order valence-corrected chi connectivity index (χ2v) is 4.57. The first-order valence-corrected chi connectivity index (χ1v) is 6.85. The van der Waals surface area contributed by atoms with E-state index in [1.807, 2.05) is 24.3 Å². The molecule has 0 spiro atoms. The number of carbonyl (C=O) groups is 1. The molecular formula is C15H24N2O. The monoisotopic (exact) mass is 248 g/mol. The fraction of sp³-hybridized carbons (Fsp3) is 0.533. The highest BCUT2D eigenvalue weighted by atomic mass is 16.1. The molecule has 0 bridgehead atoms. The first-order valence-electron chi connectivity index (χ1n) is 6.85. The lowest BCUT2D eigenvalue weighted by Gasteiger charge is -2.09. The summed E-state index contributed by atoms with van der Waals surface area (Å²) < 4.78 is 0. The van der Waals surface area contributed by atoms with Crippen molar-refractivity contribution in [3.63, 3.8) is 0 Å². The lowest BCUT2D eigenvalue weighted by atomic mass is 10.1. The fourth-order valence-electron chi connectivity index (χ4n) is 1.92. The molecule has 1 aromatic carbocycles. The lowest BCUT2D eigenvalue weighted by molar-refractivity contribution is -0.116. The van der Waals surface area contributed by atoms with Crippen LogP contribution in [0, 0.1) is 0 Å². The molecule has 0 aromatic heterocycles. The van der Waals surface area contributed by atoms with Crippen LogP contribution in [0.2, 0.25) is 0 Å². The van der Waals surface area contributed by atoms with Crippen LogP contribution in [0.1, 0.15) is 51.0 Å². The molecule has 1 amide bonds. The van der Waals surface area contributed by atoms with Crippen molar-refractivity contribution in [1.29, 1.82) is 0 Å². The molecule has 0 heterocycles. The molecule has 0 aliphatic rings. The van der Waals surface area contributed by atoms with Gasteiger partial charge in [-0.2, -0.15) is 0 Å². The van der Waals surface area contributed by atoms with Crippen LogP contribution in [0.15, 0.2) is 24.3 Å². The Labute approximate surface area is 110 Å². The van der Waals surface area contributed by atoms with Gasteiger partial charge in [0.05, 0.1) is 0 Å². The van der Waals surface area contributed by atoms with Crippen molar-refractivity contribution in [2.75, 3.05) is 5.32 Å². The molecule has 3 heteroatoms. The van der Waals surface area contributed by atoms with E-state index in [1.54, 1.807) is 0 Å². The minimum absolute atomic E-state index is 0.0902. The number of rotatable bonds is 8. The quantitative estimate of drug-likeness (QED) is 0.692. The molecule has 0 saturated carbocycles. The summed E-state index contributed by atoms with van der Waals surface area (Å²) in [5.74, 6) is 0.0902. The fourth-order valence-corrected chi connectivity index (χ4v) is 1.92. The summed E-state index contributed by atoms with van der Waals surface area (Å²) in [7, 11) is 0. The van der Waals surface area contributed by atoms with Crippen LogP contribution in [0.5, 0.6) is 0 Å². The van der Waals surface area contributed by atoms with E-state index in [1.165, 1.54) is 19.3 Å². The normalized spacial score (nSPS) is 10.3. The largest absolute Gasteiger partial charge is 0.326 e. The Morgan fingerprint density at radius 2 is 1.89 bits per heavy atom. The number of para-hydroxylation sites is 1. The van der Waals surface area contributed by atoms with E-state index in [-0.39, 0.29) is 5.91 Å². The van der Waals surface area contributed by atoms with Gasteiger partial charge in [0.2, 0.25) is 5.91 Å². The lowest BCUT2D eigenvalue weighted by Crippen LogP contribution is -2.13. The summed E-state index contributed by atoms with van der Waals surface area (Å²) in [6.45, 7) is 2.64. The van der Waals surface area contributed by atoms with Gasteiger partial charge < -0.3 is 11.1 Å². The first-order chi connectivity index (χ1) is 8.77. The Bertz CT molecular complexity index is 363. The molecule has 1 aromatic rings. The van der Waals surface area contributed by atoms with Gasteiger partial charge in [-0.15, -0.1) is 0 Å². The van der Waals surface area contributed by atoms with E-state index in [0.29, 0.717) is 13.0 Å². The molecule has 0 fully saturated rings. The van der Waals surface area contributed by atoms with Gasteiger partial charge in [0, 0.05) is 18.7 Å². The molecule has 0 atom stereocenters. The molecule has 3 nitrogen and oxygen atoms in total. The molecule has 0 unspecified atom stereocenters. The molecule has 100 valence electrons. The highest BCUT2D eigenvalue weighted by Gasteiger charge is 2.05. The number of benzene rings is 1. The van der Waals surface area contributed by atoms with Crippen molar-refractivity contribution in [3.8, 4) is 0 Å². The van der Waals surface area contributed by atoms with Crippen LogP contribution in [0.25, 0.3) is 0 Å². The van der Waals surface area contributed by atoms with Gasteiger partial charge in [0.15, 0.2) is 0 Å². The first kappa shape index (κ1) is 14.7. The maximum Gasteiger partial charge on any atom is 0.224 e. The SMILES string of the molecule is CCCCCCCC(=O)Nc1ccccc1CN. The van der Waals surface area contributed by atoms with Crippen LogP contribution >= 0.6 is 0 Å². The number of carbonyl (C=O) groups excluding carboxylic acids is 1. The molecule has 3 N–H and O–H groups in total. The van der Waals surface area contributed by atoms with Crippen LogP contribution in [0.4, 0.5) is 5.69 Å². The standard InChI is InChI=1S/C15H24N2O/c1-2-3-4-5-6-11-15(18)17-14-10-8-7-9-13(14)12-16/h7-10H,2-6,11-12,16H2,1H3,(H,17,18). The zero-order chi connectivity index (χ0) is 13.2. The maximum absolute atomic E-state index is 11.8. The Morgan fingerprint density at radius 1 is 1.17 bits per heavy atom. The molecule has 0 saturated heterocycles. The summed E-state index contributed by atoms with van der Waals surface area (Å²) in [6, 6.07) is 7.69. The van der Waals surface area contributed by atoms with Crippen LogP contribution < -0.4 is 11.1 Å². The second kappa shape index (κ2) is 8.70. The summed E-state index contributed by atoms with van der Waals surface area (Å²) >= 11 is 0. The third-order valence-electron chi connectivity index (χ3n) is 3.02. The summed E-state index contributed by atoms with van der Waals surface area (Å²) in [6.07, 6.45) is 6.43. The summed E-state index contributed by atoms with van der Waals surface area (Å²) in [4.78, 5) is 11.8. The average molecular weight is 248 g/mol. The molecule has 0 radical (unpaired) electrons. The van der Waals surface area contributed by atoms with Crippen LogP contribution in [-0.4, -0.2) is 5.91 Å². The summed E-state index contributed by atoms with van der Waals surface area (Å²) in [5, 5.41) is 2.93. The Balaban J connectivity index is 2.31. The third-order valence-corrected chi connectivity index (χ3v) is 3.02. The minimum atomic E-state index is 0.0902. The number of amides is 1. The van der Waals surface area contributed by atoms with Gasteiger partial charge in [0.1, 0.15) is 0 Å². The Hall–Kier alpha value is -1.35. The Kier molecular flexibility index (Phi) is 7.11. The Morgan fingerprint density at radius 3 is 2.61 bits per heavy atom. The predicted octanol–water partition coefficient (Wildman–Crippen LogP) is 3.44. The number of nitrogens with two attached hydrogens (primary N) is 1. The number of unbranched alkanes of at least 4 members (excludes halogenated alkanes) is 4. The van der Waals surface area contributed by atoms with E-state index in [9.17, 15) is 4.79 Å². The van der Waals surface area contributed by atoms with E-state index in [0.717, 1.165) is 24.1 Å². The molecule has 0 aliphatic carbocycles. The van der Waals surface area contributed by atoms with E-state index >= 15 is 0 Å². The number of nitrogens with one attached hydrogen (secondary N) is 1. The van der Waals surface area contributed by atoms with Gasteiger partial charge in [-0.05, 0) is 18.1 Å². The number of hydrogen-bond acceptors (Lipinski definition) is 2. The minimum Gasteiger partial charge on any atom is -0.326 e. The predicted molar refractivity (Wildman–Crippen MR) is 76.3 cm³/mol. The average Bonchev–Trinajstić information content (AvgIpc) is 2.39. The third kappa shape index (κ3) is 5.32. The van der Waals surface area contributed by atoms with E-state index in [4.69, 9.17) is 5.73 Å². The van der Waals surface area contributed by atoms with Crippen molar-refractivity contribution < 1.29 is 4.79 Å². The van der Waals surface area contributed by atoms with Crippen molar-refractivity contribution >= 4 is 11.6 Å². The van der Waals surface area contributed by atoms with Crippen molar-refractivity contribution in [1.82, 2.24) is 0 Å². The van der Waals surface area contributed by atoms with Crippen molar-refractivity contribution in [2.24, 2.45) is 5.73 Å². The maximum atomic E-state index is 11.8. The highest BCUT2D eigenvalue weighted by Crippen LogP contribution is 2.15. The van der Waals surface area contributed by atoms with Gasteiger partial charge >= 0.3 is 0 Å². The van der Waals surface area contributed by atoms with E-state index in [2.05, 4.69) is 12.2 Å². The van der Waals surface area contributed by atoms with Crippen molar-refractivity contribution in [2.45, 2.75) is 52.0 Å². The second-order valence-electron chi connectivity index (χ2n) is 4.57. The number of hydrogen-bond donors (Lipinski definition) is 2. The summed E-state index contributed by atoms with van der Waals surface area (Å²) in [5.41, 5.74) is 7.46.